The van der Waals surface area contributed by atoms with Crippen molar-refractivity contribution in [1.29, 1.82) is 0 Å². The molecule has 1 atom stereocenters. The van der Waals surface area contributed by atoms with Gasteiger partial charge in [0.1, 0.15) is 23.9 Å². The molecule has 0 aliphatic carbocycles. The van der Waals surface area contributed by atoms with Crippen LogP contribution in [0.2, 0.25) is 0 Å². The molecule has 35 heavy (non-hydrogen) atoms. The molecule has 0 spiro atoms. The highest BCUT2D eigenvalue weighted by Gasteiger charge is 2.34. The van der Waals surface area contributed by atoms with Gasteiger partial charge in [0.25, 0.3) is 11.8 Å². The van der Waals surface area contributed by atoms with Crippen LogP contribution in [0, 0.1) is 5.82 Å². The first kappa shape index (κ1) is 23.9. The summed E-state index contributed by atoms with van der Waals surface area (Å²) in [5, 5.41) is 5.85. The first-order chi connectivity index (χ1) is 16.9. The lowest BCUT2D eigenvalue weighted by molar-refractivity contribution is -0.133. The summed E-state index contributed by atoms with van der Waals surface area (Å²) in [5.41, 5.74) is 2.09. The van der Waals surface area contributed by atoms with Gasteiger partial charge in [-0.2, -0.15) is 5.10 Å². The van der Waals surface area contributed by atoms with E-state index in [1.165, 1.54) is 16.0 Å². The van der Waals surface area contributed by atoms with Crippen LogP contribution in [-0.2, 0) is 4.79 Å². The molecule has 1 heterocycles. The number of halogens is 1. The third kappa shape index (κ3) is 5.16. The number of hydrogen-bond acceptors (Lipinski definition) is 5. The van der Waals surface area contributed by atoms with Crippen LogP contribution in [0.5, 0.6) is 11.5 Å². The fourth-order valence-corrected chi connectivity index (χ4v) is 3.99. The van der Waals surface area contributed by atoms with Crippen molar-refractivity contribution >= 4 is 17.5 Å². The molecule has 0 unspecified atom stereocenters. The van der Waals surface area contributed by atoms with Gasteiger partial charge < -0.3 is 14.4 Å². The van der Waals surface area contributed by atoms with Gasteiger partial charge in [-0.1, -0.05) is 30.3 Å². The van der Waals surface area contributed by atoms with Gasteiger partial charge in [0, 0.05) is 24.6 Å². The van der Waals surface area contributed by atoms with Crippen molar-refractivity contribution < 1.29 is 23.5 Å². The summed E-state index contributed by atoms with van der Waals surface area (Å²) >= 11 is 0. The van der Waals surface area contributed by atoms with Crippen molar-refractivity contribution in [2.45, 2.75) is 12.5 Å². The number of ether oxygens (including phenoxy) is 2. The number of nitrogens with zero attached hydrogens (tertiary/aromatic N) is 3. The molecule has 0 radical (unpaired) electrons. The Morgan fingerprint density at radius 2 is 1.57 bits per heavy atom. The molecule has 0 aromatic heterocycles. The number of methoxy groups -OCH3 is 2. The molecule has 0 fully saturated rings. The summed E-state index contributed by atoms with van der Waals surface area (Å²) in [5.74, 6) is 0.237. The Labute approximate surface area is 203 Å². The van der Waals surface area contributed by atoms with Crippen LogP contribution in [0.4, 0.5) is 4.39 Å². The Hall–Kier alpha value is -4.20. The molecule has 180 valence electrons. The fourth-order valence-electron chi connectivity index (χ4n) is 3.99. The van der Waals surface area contributed by atoms with E-state index in [0.717, 1.165) is 5.56 Å². The van der Waals surface area contributed by atoms with E-state index in [0.29, 0.717) is 34.8 Å². The minimum absolute atomic E-state index is 0.189. The van der Waals surface area contributed by atoms with E-state index in [1.54, 1.807) is 75.9 Å². The predicted molar refractivity (Wildman–Crippen MR) is 130 cm³/mol. The second-order valence-electron chi connectivity index (χ2n) is 8.15. The zero-order valence-electron chi connectivity index (χ0n) is 19.8. The minimum Gasteiger partial charge on any atom is -0.497 e. The topological polar surface area (TPSA) is 71.4 Å². The number of hydrazone groups is 1. The first-order valence-corrected chi connectivity index (χ1v) is 11.1. The largest absolute Gasteiger partial charge is 0.497 e. The van der Waals surface area contributed by atoms with Crippen LogP contribution >= 0.6 is 0 Å². The standard InChI is InChI=1S/C27H26FN3O4/c1-30(27(33)19-10-14-21(35-3)15-11-19)17-26(32)31-25(18-8-12-20(34-2)13-9-18)16-24(29-31)22-6-4-5-7-23(22)28/h4-15,25H,16-17H2,1-3H3/t25-/m1/s1. The Kier molecular flexibility index (Phi) is 7.10. The van der Waals surface area contributed by atoms with Crippen LogP contribution < -0.4 is 9.47 Å². The summed E-state index contributed by atoms with van der Waals surface area (Å²) in [6.45, 7) is -0.189. The van der Waals surface area contributed by atoms with Crippen molar-refractivity contribution in [2.75, 3.05) is 27.8 Å². The molecule has 0 bridgehead atoms. The molecule has 0 saturated heterocycles. The molecule has 1 aliphatic heterocycles. The van der Waals surface area contributed by atoms with E-state index in [4.69, 9.17) is 9.47 Å². The van der Waals surface area contributed by atoms with Gasteiger partial charge in [0.15, 0.2) is 0 Å². The molecule has 3 aromatic carbocycles. The van der Waals surface area contributed by atoms with E-state index in [-0.39, 0.29) is 18.4 Å². The molecule has 7 nitrogen and oxygen atoms in total. The number of rotatable bonds is 7. The maximum atomic E-state index is 14.5. The quantitative estimate of drug-likeness (QED) is 0.511. The zero-order chi connectivity index (χ0) is 24.9. The van der Waals surface area contributed by atoms with Crippen LogP contribution in [-0.4, -0.2) is 55.2 Å². The normalized spacial score (nSPS) is 14.9. The summed E-state index contributed by atoms with van der Waals surface area (Å²) in [7, 11) is 4.69. The van der Waals surface area contributed by atoms with Crippen molar-refractivity contribution in [3.05, 3.63) is 95.3 Å². The van der Waals surface area contributed by atoms with Gasteiger partial charge in [-0.05, 0) is 48.0 Å². The Bertz CT molecular complexity index is 1240. The average Bonchev–Trinajstić information content (AvgIpc) is 3.34. The molecular formula is C27H26FN3O4. The van der Waals surface area contributed by atoms with Gasteiger partial charge in [-0.15, -0.1) is 0 Å². The van der Waals surface area contributed by atoms with Crippen molar-refractivity contribution in [1.82, 2.24) is 9.91 Å². The van der Waals surface area contributed by atoms with E-state index in [2.05, 4.69) is 5.10 Å². The number of hydrogen-bond donors (Lipinski definition) is 0. The SMILES string of the molecule is COc1ccc(C(=O)N(C)CC(=O)N2N=C(c3ccccc3F)C[C@@H]2c2ccc(OC)cc2)cc1. The van der Waals surface area contributed by atoms with Crippen LogP contribution in [0.15, 0.2) is 77.9 Å². The van der Waals surface area contributed by atoms with E-state index in [1.807, 2.05) is 12.1 Å². The van der Waals surface area contributed by atoms with Gasteiger partial charge >= 0.3 is 0 Å². The maximum Gasteiger partial charge on any atom is 0.262 e. The molecule has 3 aromatic rings. The Morgan fingerprint density at radius 1 is 0.971 bits per heavy atom. The summed E-state index contributed by atoms with van der Waals surface area (Å²) < 4.78 is 24.9. The van der Waals surface area contributed by atoms with Crippen LogP contribution in [0.3, 0.4) is 0 Å². The average molecular weight is 476 g/mol. The van der Waals surface area contributed by atoms with Gasteiger partial charge in [0.2, 0.25) is 0 Å². The van der Waals surface area contributed by atoms with Gasteiger partial charge in [0.05, 0.1) is 26.0 Å². The zero-order valence-corrected chi connectivity index (χ0v) is 19.8. The van der Waals surface area contributed by atoms with Gasteiger partial charge in [-0.3, -0.25) is 9.59 Å². The first-order valence-electron chi connectivity index (χ1n) is 11.1. The lowest BCUT2D eigenvalue weighted by Crippen LogP contribution is -2.39. The highest BCUT2D eigenvalue weighted by molar-refractivity contribution is 6.04. The van der Waals surface area contributed by atoms with Crippen molar-refractivity contribution in [3.8, 4) is 11.5 Å². The van der Waals surface area contributed by atoms with E-state index < -0.39 is 11.9 Å². The number of carbonyl (C=O) groups is 2. The summed E-state index contributed by atoms with van der Waals surface area (Å²) in [6.07, 6.45) is 0.342. The van der Waals surface area contributed by atoms with Crippen LogP contribution in [0.25, 0.3) is 0 Å². The fraction of sp³-hybridized carbons (Fsp3) is 0.222. The third-order valence-electron chi connectivity index (χ3n) is 5.91. The van der Waals surface area contributed by atoms with Crippen molar-refractivity contribution in [3.63, 3.8) is 0 Å². The molecule has 0 N–H and O–H groups in total. The van der Waals surface area contributed by atoms with Gasteiger partial charge in [-0.25, -0.2) is 9.40 Å². The van der Waals surface area contributed by atoms with E-state index >= 15 is 0 Å². The van der Waals surface area contributed by atoms with E-state index in [9.17, 15) is 14.0 Å². The number of amides is 2. The highest BCUT2D eigenvalue weighted by Crippen LogP contribution is 2.34. The molecule has 8 heteroatoms. The highest BCUT2D eigenvalue weighted by atomic mass is 19.1. The Balaban J connectivity index is 1.58. The smallest absolute Gasteiger partial charge is 0.262 e. The minimum atomic E-state index is -0.437. The monoisotopic (exact) mass is 475 g/mol. The molecule has 2 amide bonds. The lowest BCUT2D eigenvalue weighted by Gasteiger charge is -2.25. The maximum absolute atomic E-state index is 14.5. The second-order valence-corrected chi connectivity index (χ2v) is 8.15. The number of carbonyl (C=O) groups excluding carboxylic acids is 2. The van der Waals surface area contributed by atoms with Crippen LogP contribution in [0.1, 0.15) is 33.9 Å². The molecule has 4 rings (SSSR count). The molecule has 1 aliphatic rings. The van der Waals surface area contributed by atoms with Crippen molar-refractivity contribution in [2.24, 2.45) is 5.10 Å². The summed E-state index contributed by atoms with van der Waals surface area (Å²) in [6, 6.07) is 19.9. The second kappa shape index (κ2) is 10.4. The molecule has 0 saturated carbocycles. The number of benzene rings is 3. The lowest BCUT2D eigenvalue weighted by atomic mass is 9.98. The predicted octanol–water partition coefficient (Wildman–Crippen LogP) is 4.29. The number of likely N-dealkylation sites (N-methyl/N-ethyl adjacent to an activating group) is 1. The third-order valence-corrected chi connectivity index (χ3v) is 5.91. The Morgan fingerprint density at radius 3 is 2.17 bits per heavy atom. The summed E-state index contributed by atoms with van der Waals surface area (Å²) in [4.78, 5) is 27.5. The molecular weight excluding hydrogens is 449 g/mol.